The third-order valence-electron chi connectivity index (χ3n) is 2.75. The Kier molecular flexibility index (Phi) is 3.48. The van der Waals surface area contributed by atoms with Gasteiger partial charge in [-0.2, -0.15) is 5.26 Å². The SMILES string of the molecule is CN(c1ccc(C#N)cc1)c1cc([N+](=O)[O-])cc(N)n1. The number of rotatable bonds is 3. The van der Waals surface area contributed by atoms with Gasteiger partial charge in [-0.3, -0.25) is 10.1 Å². The quantitative estimate of drug-likeness (QED) is 0.675. The average molecular weight is 269 g/mol. The van der Waals surface area contributed by atoms with Crippen molar-refractivity contribution < 1.29 is 4.92 Å². The molecule has 0 radical (unpaired) electrons. The maximum atomic E-state index is 10.8. The molecule has 2 rings (SSSR count). The largest absolute Gasteiger partial charge is 0.383 e. The molecule has 0 aliphatic rings. The molecule has 1 heterocycles. The van der Waals surface area contributed by atoms with Crippen molar-refractivity contribution in [3.8, 4) is 6.07 Å². The summed E-state index contributed by atoms with van der Waals surface area (Å²) in [6, 6.07) is 11.4. The summed E-state index contributed by atoms with van der Waals surface area (Å²) in [7, 11) is 1.72. The van der Waals surface area contributed by atoms with Crippen molar-refractivity contribution in [1.29, 1.82) is 5.26 Å². The summed E-state index contributed by atoms with van der Waals surface area (Å²) in [6.07, 6.45) is 0. The number of nitrogens with two attached hydrogens (primary N) is 1. The molecule has 2 N–H and O–H groups in total. The fraction of sp³-hybridized carbons (Fsp3) is 0.0769. The number of nitriles is 1. The molecule has 0 saturated heterocycles. The first-order valence-corrected chi connectivity index (χ1v) is 5.67. The highest BCUT2D eigenvalue weighted by molar-refractivity contribution is 5.64. The zero-order valence-corrected chi connectivity index (χ0v) is 10.6. The van der Waals surface area contributed by atoms with Crippen molar-refractivity contribution in [3.05, 3.63) is 52.1 Å². The second-order valence-electron chi connectivity index (χ2n) is 4.08. The Bertz CT molecular complexity index is 691. The maximum absolute atomic E-state index is 10.8. The van der Waals surface area contributed by atoms with Gasteiger partial charge in [-0.25, -0.2) is 4.98 Å². The van der Waals surface area contributed by atoms with E-state index in [-0.39, 0.29) is 11.5 Å². The zero-order chi connectivity index (χ0) is 14.7. The monoisotopic (exact) mass is 269 g/mol. The van der Waals surface area contributed by atoms with Crippen LogP contribution in [0.25, 0.3) is 0 Å². The summed E-state index contributed by atoms with van der Waals surface area (Å²) in [6.45, 7) is 0. The topological polar surface area (TPSA) is 109 Å². The number of benzene rings is 1. The summed E-state index contributed by atoms with van der Waals surface area (Å²) in [5.41, 5.74) is 6.74. The third-order valence-corrected chi connectivity index (χ3v) is 2.75. The molecule has 0 fully saturated rings. The van der Waals surface area contributed by atoms with Gasteiger partial charge in [-0.15, -0.1) is 0 Å². The average Bonchev–Trinajstić information content (AvgIpc) is 2.46. The van der Waals surface area contributed by atoms with E-state index < -0.39 is 4.92 Å². The predicted molar refractivity (Wildman–Crippen MR) is 74.5 cm³/mol. The van der Waals surface area contributed by atoms with Crippen LogP contribution in [-0.4, -0.2) is 17.0 Å². The van der Waals surface area contributed by atoms with Crippen LogP contribution in [0.1, 0.15) is 5.56 Å². The van der Waals surface area contributed by atoms with Crippen LogP contribution in [0.15, 0.2) is 36.4 Å². The first-order chi connectivity index (χ1) is 9.51. The van der Waals surface area contributed by atoms with Crippen LogP contribution in [0.4, 0.5) is 23.0 Å². The van der Waals surface area contributed by atoms with Crippen LogP contribution in [-0.2, 0) is 0 Å². The van der Waals surface area contributed by atoms with Gasteiger partial charge in [0.25, 0.3) is 5.69 Å². The van der Waals surface area contributed by atoms with E-state index >= 15 is 0 Å². The Morgan fingerprint density at radius 3 is 2.55 bits per heavy atom. The Morgan fingerprint density at radius 1 is 1.35 bits per heavy atom. The van der Waals surface area contributed by atoms with E-state index in [0.29, 0.717) is 11.4 Å². The molecule has 1 aromatic carbocycles. The highest BCUT2D eigenvalue weighted by atomic mass is 16.6. The van der Waals surface area contributed by atoms with Crippen LogP contribution >= 0.6 is 0 Å². The molecular weight excluding hydrogens is 258 g/mol. The number of nitrogens with zero attached hydrogens (tertiary/aromatic N) is 4. The minimum atomic E-state index is -0.520. The van der Waals surface area contributed by atoms with E-state index in [1.807, 2.05) is 6.07 Å². The van der Waals surface area contributed by atoms with Crippen molar-refractivity contribution in [2.45, 2.75) is 0 Å². The normalized spacial score (nSPS) is 9.80. The first-order valence-electron chi connectivity index (χ1n) is 5.67. The molecule has 0 aliphatic heterocycles. The molecule has 20 heavy (non-hydrogen) atoms. The Balaban J connectivity index is 2.39. The van der Waals surface area contributed by atoms with Gasteiger partial charge in [0.05, 0.1) is 28.7 Å². The fourth-order valence-electron chi connectivity index (χ4n) is 1.69. The van der Waals surface area contributed by atoms with E-state index in [1.165, 1.54) is 12.1 Å². The Hall–Kier alpha value is -3.14. The van der Waals surface area contributed by atoms with Gasteiger partial charge in [0, 0.05) is 12.7 Å². The molecule has 100 valence electrons. The van der Waals surface area contributed by atoms with Crippen LogP contribution in [0, 0.1) is 21.4 Å². The van der Waals surface area contributed by atoms with E-state index in [4.69, 9.17) is 11.0 Å². The number of aromatic nitrogens is 1. The lowest BCUT2D eigenvalue weighted by molar-refractivity contribution is -0.384. The standard InChI is InChI=1S/C13H11N5O2/c1-17(10-4-2-9(8-14)3-5-10)13-7-11(18(19)20)6-12(15)16-13/h2-7H,1H3,(H2,15,16). The van der Waals surface area contributed by atoms with E-state index in [0.717, 1.165) is 5.69 Å². The molecule has 0 bridgehead atoms. The van der Waals surface area contributed by atoms with E-state index in [2.05, 4.69) is 4.98 Å². The van der Waals surface area contributed by atoms with Crippen molar-refractivity contribution in [2.75, 3.05) is 17.7 Å². The number of pyridine rings is 1. The molecule has 0 unspecified atom stereocenters. The van der Waals surface area contributed by atoms with Crippen LogP contribution in [0.3, 0.4) is 0 Å². The number of nitrogen functional groups attached to an aromatic ring is 1. The fourth-order valence-corrected chi connectivity index (χ4v) is 1.69. The lowest BCUT2D eigenvalue weighted by Gasteiger charge is -2.18. The first kappa shape index (κ1) is 13.3. The number of nitro groups is 1. The molecule has 2 aromatic rings. The van der Waals surface area contributed by atoms with Crippen molar-refractivity contribution in [2.24, 2.45) is 0 Å². The lowest BCUT2D eigenvalue weighted by Crippen LogP contribution is -2.12. The summed E-state index contributed by atoms with van der Waals surface area (Å²) >= 11 is 0. The molecule has 0 spiro atoms. The molecule has 7 heteroatoms. The molecule has 0 saturated carbocycles. The van der Waals surface area contributed by atoms with Gasteiger partial charge in [0.15, 0.2) is 0 Å². The molecule has 1 aromatic heterocycles. The lowest BCUT2D eigenvalue weighted by atomic mass is 10.2. The van der Waals surface area contributed by atoms with Gasteiger partial charge in [0.1, 0.15) is 11.6 Å². The van der Waals surface area contributed by atoms with Gasteiger partial charge in [-0.05, 0) is 24.3 Å². The minimum absolute atomic E-state index is 0.0784. The molecule has 0 amide bonds. The van der Waals surface area contributed by atoms with Crippen LogP contribution in [0.5, 0.6) is 0 Å². The number of anilines is 3. The third kappa shape index (κ3) is 2.64. The number of hydrogen-bond donors (Lipinski definition) is 1. The van der Waals surface area contributed by atoms with Crippen molar-refractivity contribution in [3.63, 3.8) is 0 Å². The Labute approximate surface area is 115 Å². The van der Waals surface area contributed by atoms with Gasteiger partial charge in [-0.1, -0.05) is 0 Å². The zero-order valence-electron chi connectivity index (χ0n) is 10.6. The summed E-state index contributed by atoms with van der Waals surface area (Å²) in [4.78, 5) is 16.0. The molecule has 7 nitrogen and oxygen atoms in total. The second kappa shape index (κ2) is 5.24. The molecule has 0 aliphatic carbocycles. The van der Waals surface area contributed by atoms with E-state index in [1.54, 1.807) is 36.2 Å². The minimum Gasteiger partial charge on any atom is -0.383 e. The maximum Gasteiger partial charge on any atom is 0.276 e. The van der Waals surface area contributed by atoms with Crippen LogP contribution in [0.2, 0.25) is 0 Å². The highest BCUT2D eigenvalue weighted by Crippen LogP contribution is 2.26. The second-order valence-corrected chi connectivity index (χ2v) is 4.08. The number of hydrogen-bond acceptors (Lipinski definition) is 6. The van der Waals surface area contributed by atoms with Crippen LogP contribution < -0.4 is 10.6 Å². The summed E-state index contributed by atoms with van der Waals surface area (Å²) in [5, 5.41) is 19.6. The van der Waals surface area contributed by atoms with Gasteiger partial charge in [0.2, 0.25) is 0 Å². The smallest absolute Gasteiger partial charge is 0.276 e. The summed E-state index contributed by atoms with van der Waals surface area (Å²) < 4.78 is 0. The van der Waals surface area contributed by atoms with Gasteiger partial charge >= 0.3 is 0 Å². The summed E-state index contributed by atoms with van der Waals surface area (Å²) in [5.74, 6) is 0.441. The predicted octanol–water partition coefficient (Wildman–Crippen LogP) is 2.21. The van der Waals surface area contributed by atoms with E-state index in [9.17, 15) is 10.1 Å². The van der Waals surface area contributed by atoms with Crippen molar-refractivity contribution >= 4 is 23.0 Å². The van der Waals surface area contributed by atoms with Gasteiger partial charge < -0.3 is 10.6 Å². The molecular formula is C13H11N5O2. The molecule has 0 atom stereocenters. The Morgan fingerprint density at radius 2 is 2.00 bits per heavy atom. The highest BCUT2D eigenvalue weighted by Gasteiger charge is 2.13. The van der Waals surface area contributed by atoms with Crippen molar-refractivity contribution in [1.82, 2.24) is 4.98 Å².